The highest BCUT2D eigenvalue weighted by Gasteiger charge is 2.23. The Balaban J connectivity index is 1.36. The van der Waals surface area contributed by atoms with Gasteiger partial charge in [-0.2, -0.15) is 0 Å². The first kappa shape index (κ1) is 15.5. The van der Waals surface area contributed by atoms with E-state index in [1.807, 2.05) is 48.9 Å². The molecule has 1 atom stereocenters. The molecule has 0 bridgehead atoms. The Morgan fingerprint density at radius 3 is 3.04 bits per heavy atom. The van der Waals surface area contributed by atoms with Gasteiger partial charge in [0, 0.05) is 47.0 Å². The van der Waals surface area contributed by atoms with Crippen LogP contribution < -0.4 is 0 Å². The second-order valence-corrected chi connectivity index (χ2v) is 6.99. The van der Waals surface area contributed by atoms with Crippen molar-refractivity contribution in [2.24, 2.45) is 0 Å². The number of aromatic amines is 1. The number of rotatable bonds is 2. The summed E-state index contributed by atoms with van der Waals surface area (Å²) in [7, 11) is 0. The maximum Gasteiger partial charge on any atom is 0.227 e. The van der Waals surface area contributed by atoms with Crippen LogP contribution in [0, 0.1) is 0 Å². The average Bonchev–Trinajstić information content (AvgIpc) is 3.39. The van der Waals surface area contributed by atoms with Gasteiger partial charge in [0.15, 0.2) is 0 Å². The van der Waals surface area contributed by atoms with E-state index in [1.54, 1.807) is 0 Å². The second kappa shape index (κ2) is 6.00. The SMILES string of the molecule is c1cnc2c(c1)COC(c1ccc3cc(-c4cnc5[nH]ccc5c4)oc3n1)C2. The lowest BCUT2D eigenvalue weighted by atomic mass is 10.0. The van der Waals surface area contributed by atoms with Gasteiger partial charge in [0.1, 0.15) is 17.5 Å². The molecule has 6 nitrogen and oxygen atoms in total. The molecule has 0 spiro atoms. The Hall–Kier alpha value is -3.51. The van der Waals surface area contributed by atoms with Crippen LogP contribution >= 0.6 is 0 Å². The molecule has 1 aliphatic rings. The third-order valence-electron chi connectivity index (χ3n) is 5.22. The Bertz CT molecular complexity index is 1320. The summed E-state index contributed by atoms with van der Waals surface area (Å²) >= 11 is 0. The maximum atomic E-state index is 6.05. The molecule has 6 heterocycles. The summed E-state index contributed by atoms with van der Waals surface area (Å²) in [6.45, 7) is 0.555. The van der Waals surface area contributed by atoms with Crippen molar-refractivity contribution in [2.45, 2.75) is 19.1 Å². The van der Waals surface area contributed by atoms with Gasteiger partial charge in [-0.1, -0.05) is 6.07 Å². The molecule has 5 aromatic rings. The van der Waals surface area contributed by atoms with Crippen LogP contribution in [0.4, 0.5) is 0 Å². The van der Waals surface area contributed by atoms with Crippen LogP contribution in [0.25, 0.3) is 33.5 Å². The molecule has 0 saturated heterocycles. The summed E-state index contributed by atoms with van der Waals surface area (Å²) in [5.74, 6) is 0.756. The number of hydrogen-bond donors (Lipinski definition) is 1. The number of pyridine rings is 3. The highest BCUT2D eigenvalue weighted by atomic mass is 16.5. The summed E-state index contributed by atoms with van der Waals surface area (Å²) < 4.78 is 12.1. The number of furan rings is 1. The van der Waals surface area contributed by atoms with Crippen LogP contribution in [0.15, 0.2) is 65.5 Å². The number of fused-ring (bicyclic) bond motifs is 3. The highest BCUT2D eigenvalue weighted by Crippen LogP contribution is 2.32. The van der Waals surface area contributed by atoms with E-state index in [2.05, 4.69) is 27.1 Å². The van der Waals surface area contributed by atoms with Gasteiger partial charge in [-0.15, -0.1) is 0 Å². The van der Waals surface area contributed by atoms with Crippen LogP contribution in [0.1, 0.15) is 23.1 Å². The van der Waals surface area contributed by atoms with E-state index in [1.165, 1.54) is 0 Å². The Morgan fingerprint density at radius 1 is 1.04 bits per heavy atom. The van der Waals surface area contributed by atoms with E-state index in [-0.39, 0.29) is 6.10 Å². The molecule has 0 aromatic carbocycles. The third kappa shape index (κ3) is 2.50. The van der Waals surface area contributed by atoms with E-state index in [9.17, 15) is 0 Å². The molecule has 1 aliphatic heterocycles. The fourth-order valence-corrected chi connectivity index (χ4v) is 3.73. The molecule has 1 N–H and O–H groups in total. The summed E-state index contributed by atoms with van der Waals surface area (Å²) in [4.78, 5) is 16.7. The summed E-state index contributed by atoms with van der Waals surface area (Å²) in [5, 5.41) is 2.01. The van der Waals surface area contributed by atoms with Crippen molar-refractivity contribution in [3.63, 3.8) is 0 Å². The van der Waals surface area contributed by atoms with E-state index in [0.717, 1.165) is 51.1 Å². The van der Waals surface area contributed by atoms with Crippen molar-refractivity contribution in [1.29, 1.82) is 0 Å². The van der Waals surface area contributed by atoms with Gasteiger partial charge in [-0.05, 0) is 42.0 Å². The molecular formula is C22H16N4O2. The zero-order chi connectivity index (χ0) is 18.5. The minimum Gasteiger partial charge on any atom is -0.438 e. The number of aromatic nitrogens is 4. The minimum atomic E-state index is -0.113. The Kier molecular flexibility index (Phi) is 3.33. The number of ether oxygens (including phenoxy) is 1. The van der Waals surface area contributed by atoms with Crippen LogP contribution in [0.5, 0.6) is 0 Å². The largest absolute Gasteiger partial charge is 0.438 e. The number of hydrogen-bond acceptors (Lipinski definition) is 5. The molecular weight excluding hydrogens is 352 g/mol. The van der Waals surface area contributed by atoms with Crippen molar-refractivity contribution in [3.05, 3.63) is 78.0 Å². The van der Waals surface area contributed by atoms with E-state index in [0.29, 0.717) is 12.3 Å². The quantitative estimate of drug-likeness (QED) is 0.493. The standard InChI is InChI=1S/C22H16N4O2/c1-2-15-12-27-20(10-18(15)23-6-1)17-4-3-14-9-19(28-22(14)26-17)16-8-13-5-7-24-21(13)25-11-16/h1-9,11,20H,10,12H2,(H,24,25). The molecule has 0 fully saturated rings. The molecule has 0 aliphatic carbocycles. The molecule has 6 rings (SSSR count). The van der Waals surface area contributed by atoms with Gasteiger partial charge >= 0.3 is 0 Å². The van der Waals surface area contributed by atoms with Gasteiger partial charge in [0.25, 0.3) is 0 Å². The summed E-state index contributed by atoms with van der Waals surface area (Å²) in [5.41, 5.74) is 5.49. The summed E-state index contributed by atoms with van der Waals surface area (Å²) in [6.07, 6.45) is 6.12. The maximum absolute atomic E-state index is 6.05. The third-order valence-corrected chi connectivity index (χ3v) is 5.22. The monoisotopic (exact) mass is 368 g/mol. The molecule has 136 valence electrons. The van der Waals surface area contributed by atoms with Crippen LogP contribution in [-0.4, -0.2) is 19.9 Å². The van der Waals surface area contributed by atoms with E-state index < -0.39 is 0 Å². The predicted molar refractivity (Wildman–Crippen MR) is 105 cm³/mol. The Morgan fingerprint density at radius 2 is 2.04 bits per heavy atom. The van der Waals surface area contributed by atoms with Gasteiger partial charge in [-0.25, -0.2) is 9.97 Å². The van der Waals surface area contributed by atoms with E-state index in [4.69, 9.17) is 14.1 Å². The smallest absolute Gasteiger partial charge is 0.227 e. The predicted octanol–water partition coefficient (Wildman–Crippen LogP) is 4.58. The van der Waals surface area contributed by atoms with Crippen molar-refractivity contribution in [2.75, 3.05) is 0 Å². The van der Waals surface area contributed by atoms with Crippen LogP contribution in [0.2, 0.25) is 0 Å². The topological polar surface area (TPSA) is 76.8 Å². The fourth-order valence-electron chi connectivity index (χ4n) is 3.73. The van der Waals surface area contributed by atoms with Gasteiger partial charge < -0.3 is 14.1 Å². The number of nitrogens with zero attached hydrogens (tertiary/aromatic N) is 3. The van der Waals surface area contributed by atoms with Crippen LogP contribution in [-0.2, 0) is 17.8 Å². The first-order valence-electron chi connectivity index (χ1n) is 9.22. The lowest BCUT2D eigenvalue weighted by molar-refractivity contribution is 0.0234. The first-order valence-corrected chi connectivity index (χ1v) is 9.22. The second-order valence-electron chi connectivity index (χ2n) is 6.99. The molecule has 5 aromatic heterocycles. The minimum absolute atomic E-state index is 0.113. The van der Waals surface area contributed by atoms with Gasteiger partial charge in [0.05, 0.1) is 12.3 Å². The number of nitrogens with one attached hydrogen (secondary N) is 1. The van der Waals surface area contributed by atoms with E-state index >= 15 is 0 Å². The van der Waals surface area contributed by atoms with Crippen molar-refractivity contribution >= 4 is 22.1 Å². The molecule has 0 amide bonds. The Labute approximate surface area is 160 Å². The zero-order valence-electron chi connectivity index (χ0n) is 14.9. The normalized spacial score (nSPS) is 16.5. The van der Waals surface area contributed by atoms with Gasteiger partial charge in [0.2, 0.25) is 5.71 Å². The highest BCUT2D eigenvalue weighted by molar-refractivity contribution is 5.84. The molecule has 0 saturated carbocycles. The first-order chi connectivity index (χ1) is 13.8. The molecule has 28 heavy (non-hydrogen) atoms. The lowest BCUT2D eigenvalue weighted by Crippen LogP contribution is -2.17. The summed E-state index contributed by atoms with van der Waals surface area (Å²) in [6, 6.07) is 14.1. The zero-order valence-corrected chi connectivity index (χ0v) is 14.9. The molecule has 6 heteroatoms. The number of H-pyrrole nitrogens is 1. The molecule has 0 radical (unpaired) electrons. The van der Waals surface area contributed by atoms with Crippen LogP contribution in [0.3, 0.4) is 0 Å². The fraction of sp³-hybridized carbons (Fsp3) is 0.136. The van der Waals surface area contributed by atoms with Crippen molar-refractivity contribution in [3.8, 4) is 11.3 Å². The van der Waals surface area contributed by atoms with Crippen molar-refractivity contribution in [1.82, 2.24) is 19.9 Å². The average molecular weight is 368 g/mol. The van der Waals surface area contributed by atoms with Crippen molar-refractivity contribution < 1.29 is 9.15 Å². The lowest BCUT2D eigenvalue weighted by Gasteiger charge is -2.23. The molecule has 1 unspecified atom stereocenters. The van der Waals surface area contributed by atoms with Gasteiger partial charge in [-0.3, -0.25) is 4.98 Å².